The minimum Gasteiger partial charge on any atom is -0.308 e. The van der Waals surface area contributed by atoms with Gasteiger partial charge in [-0.05, 0) is 12.5 Å². The Morgan fingerprint density at radius 2 is 2.38 bits per heavy atom. The Hall–Kier alpha value is -2.48. The normalized spacial score (nSPS) is 10.9. The fraction of sp³-hybridized carbons (Fsp3) is 0.231. The highest BCUT2D eigenvalue weighted by atomic mass is 32.1. The molecule has 0 spiro atoms. The molecule has 2 N–H and O–H groups in total. The van der Waals surface area contributed by atoms with Gasteiger partial charge in [0, 0.05) is 17.1 Å². The molecule has 3 rings (SSSR count). The lowest BCUT2D eigenvalue weighted by Gasteiger charge is -2.04. The summed E-state index contributed by atoms with van der Waals surface area (Å²) in [5, 5.41) is 9.58. The number of hydrogen-bond acceptors (Lipinski definition) is 5. The van der Waals surface area contributed by atoms with Gasteiger partial charge in [0.05, 0.1) is 11.7 Å². The van der Waals surface area contributed by atoms with Crippen LogP contribution in [0.5, 0.6) is 0 Å². The summed E-state index contributed by atoms with van der Waals surface area (Å²) in [5.74, 6) is 0.0992. The summed E-state index contributed by atoms with van der Waals surface area (Å²) in [4.78, 5) is 30.3. The molecule has 0 aliphatic rings. The highest BCUT2D eigenvalue weighted by Crippen LogP contribution is 2.20. The number of nitrogens with one attached hydrogen (secondary N) is 2. The number of nitrogens with zero attached hydrogens (tertiary/aromatic N) is 3. The van der Waals surface area contributed by atoms with Gasteiger partial charge in [0.15, 0.2) is 5.82 Å². The third-order valence-electron chi connectivity index (χ3n) is 3.00. The van der Waals surface area contributed by atoms with E-state index in [9.17, 15) is 9.59 Å². The van der Waals surface area contributed by atoms with Gasteiger partial charge in [-0.25, -0.2) is 4.98 Å². The SMILES string of the molecule is CCc1cc2c(=O)n(CC(=O)Nc3cc[nH]n3)cnc2s1. The minimum atomic E-state index is -0.323. The predicted octanol–water partition coefficient (Wildman–Crippen LogP) is 1.38. The highest BCUT2D eigenvalue weighted by molar-refractivity contribution is 7.18. The lowest BCUT2D eigenvalue weighted by molar-refractivity contribution is -0.116. The van der Waals surface area contributed by atoms with Crippen LogP contribution in [0.25, 0.3) is 10.2 Å². The van der Waals surface area contributed by atoms with Gasteiger partial charge in [0.1, 0.15) is 11.4 Å². The molecule has 3 heterocycles. The zero-order chi connectivity index (χ0) is 14.8. The molecule has 0 fully saturated rings. The van der Waals surface area contributed by atoms with Gasteiger partial charge >= 0.3 is 0 Å². The largest absolute Gasteiger partial charge is 0.308 e. The van der Waals surface area contributed by atoms with E-state index in [1.807, 2.05) is 13.0 Å². The first-order chi connectivity index (χ1) is 10.2. The molecule has 7 nitrogen and oxygen atoms in total. The van der Waals surface area contributed by atoms with Crippen LogP contribution in [0.3, 0.4) is 0 Å². The number of amides is 1. The summed E-state index contributed by atoms with van der Waals surface area (Å²) in [5.41, 5.74) is -0.201. The molecular formula is C13H13N5O2S. The summed E-state index contributed by atoms with van der Waals surface area (Å²) in [6.45, 7) is 1.94. The van der Waals surface area contributed by atoms with E-state index in [4.69, 9.17) is 0 Å². The fourth-order valence-corrected chi connectivity index (χ4v) is 2.89. The average Bonchev–Trinajstić information content (AvgIpc) is 3.11. The molecule has 0 unspecified atom stereocenters. The lowest BCUT2D eigenvalue weighted by Crippen LogP contribution is -2.27. The Morgan fingerprint density at radius 1 is 1.52 bits per heavy atom. The molecule has 0 saturated heterocycles. The molecule has 0 aromatic carbocycles. The summed E-state index contributed by atoms with van der Waals surface area (Å²) in [6.07, 6.45) is 3.87. The van der Waals surface area contributed by atoms with Gasteiger partial charge in [0.2, 0.25) is 5.91 Å². The summed E-state index contributed by atoms with van der Waals surface area (Å²) >= 11 is 1.50. The minimum absolute atomic E-state index is 0.0913. The summed E-state index contributed by atoms with van der Waals surface area (Å²) in [7, 11) is 0. The Bertz CT molecular complexity index is 834. The van der Waals surface area contributed by atoms with E-state index in [1.165, 1.54) is 22.2 Å². The van der Waals surface area contributed by atoms with E-state index in [2.05, 4.69) is 20.5 Å². The smallest absolute Gasteiger partial charge is 0.262 e. The van der Waals surface area contributed by atoms with Crippen molar-refractivity contribution in [2.75, 3.05) is 5.32 Å². The van der Waals surface area contributed by atoms with Gasteiger partial charge in [-0.2, -0.15) is 5.10 Å². The van der Waals surface area contributed by atoms with Crippen LogP contribution in [0.4, 0.5) is 5.82 Å². The number of fused-ring (bicyclic) bond motifs is 1. The first-order valence-corrected chi connectivity index (χ1v) is 7.26. The van der Waals surface area contributed by atoms with Crippen LogP contribution in [-0.2, 0) is 17.8 Å². The quantitative estimate of drug-likeness (QED) is 0.761. The molecule has 0 aliphatic heterocycles. The highest BCUT2D eigenvalue weighted by Gasteiger charge is 2.11. The second-order valence-electron chi connectivity index (χ2n) is 4.47. The maximum Gasteiger partial charge on any atom is 0.262 e. The van der Waals surface area contributed by atoms with Crippen LogP contribution in [0, 0.1) is 0 Å². The molecule has 0 bridgehead atoms. The van der Waals surface area contributed by atoms with E-state index in [0.717, 1.165) is 11.3 Å². The summed E-state index contributed by atoms with van der Waals surface area (Å²) in [6, 6.07) is 3.48. The number of aryl methyl sites for hydroxylation is 1. The van der Waals surface area contributed by atoms with Gasteiger partial charge in [0.25, 0.3) is 5.56 Å². The Morgan fingerprint density at radius 3 is 3.10 bits per heavy atom. The maximum absolute atomic E-state index is 12.3. The number of carbonyl (C=O) groups is 1. The number of anilines is 1. The third kappa shape index (κ3) is 2.70. The number of H-pyrrole nitrogens is 1. The van der Waals surface area contributed by atoms with Crippen LogP contribution in [0.15, 0.2) is 29.5 Å². The number of hydrogen-bond donors (Lipinski definition) is 2. The van der Waals surface area contributed by atoms with Crippen molar-refractivity contribution in [3.63, 3.8) is 0 Å². The van der Waals surface area contributed by atoms with Crippen molar-refractivity contribution < 1.29 is 4.79 Å². The number of thiophene rings is 1. The molecule has 0 atom stereocenters. The van der Waals surface area contributed by atoms with Crippen LogP contribution in [0.1, 0.15) is 11.8 Å². The average molecular weight is 303 g/mol. The van der Waals surface area contributed by atoms with E-state index in [1.54, 1.807) is 12.3 Å². The molecule has 1 amide bonds. The van der Waals surface area contributed by atoms with Crippen molar-refractivity contribution in [2.24, 2.45) is 0 Å². The van der Waals surface area contributed by atoms with Crippen LogP contribution < -0.4 is 10.9 Å². The predicted molar refractivity (Wildman–Crippen MR) is 80.5 cm³/mol. The fourth-order valence-electron chi connectivity index (χ4n) is 1.96. The second kappa shape index (κ2) is 5.49. The topological polar surface area (TPSA) is 92.7 Å². The van der Waals surface area contributed by atoms with Crippen molar-refractivity contribution in [3.8, 4) is 0 Å². The number of rotatable bonds is 4. The van der Waals surface area contributed by atoms with Crippen LogP contribution in [-0.4, -0.2) is 25.7 Å². The van der Waals surface area contributed by atoms with Crippen LogP contribution in [0.2, 0.25) is 0 Å². The Kier molecular flexibility index (Phi) is 3.53. The molecule has 8 heteroatoms. The molecule has 108 valence electrons. The van der Waals surface area contributed by atoms with E-state index < -0.39 is 0 Å². The molecule has 0 aliphatic carbocycles. The molecular weight excluding hydrogens is 290 g/mol. The van der Waals surface area contributed by atoms with E-state index >= 15 is 0 Å². The van der Waals surface area contributed by atoms with Gasteiger partial charge in [-0.3, -0.25) is 19.3 Å². The van der Waals surface area contributed by atoms with Crippen molar-refractivity contribution in [2.45, 2.75) is 19.9 Å². The van der Waals surface area contributed by atoms with Crippen molar-refractivity contribution >= 4 is 33.3 Å². The van der Waals surface area contributed by atoms with E-state index in [-0.39, 0.29) is 18.0 Å². The second-order valence-corrected chi connectivity index (χ2v) is 5.59. The maximum atomic E-state index is 12.3. The zero-order valence-electron chi connectivity index (χ0n) is 11.3. The zero-order valence-corrected chi connectivity index (χ0v) is 12.1. The number of aromatic nitrogens is 4. The molecule has 0 radical (unpaired) electrons. The molecule has 21 heavy (non-hydrogen) atoms. The monoisotopic (exact) mass is 303 g/mol. The molecule has 3 aromatic heterocycles. The first-order valence-electron chi connectivity index (χ1n) is 6.45. The first kappa shape index (κ1) is 13.5. The van der Waals surface area contributed by atoms with Crippen molar-refractivity contribution in [1.29, 1.82) is 0 Å². The Labute approximate surface area is 123 Å². The third-order valence-corrected chi connectivity index (χ3v) is 4.19. The summed E-state index contributed by atoms with van der Waals surface area (Å²) < 4.78 is 1.30. The number of carbonyl (C=O) groups excluding carboxylic acids is 1. The van der Waals surface area contributed by atoms with E-state index in [0.29, 0.717) is 16.0 Å². The van der Waals surface area contributed by atoms with Crippen LogP contribution >= 0.6 is 11.3 Å². The number of aromatic amines is 1. The van der Waals surface area contributed by atoms with Gasteiger partial charge in [-0.15, -0.1) is 11.3 Å². The Balaban J connectivity index is 1.85. The standard InChI is InChI=1S/C13H13N5O2S/c1-2-8-5-9-12(21-8)14-7-18(13(9)20)6-11(19)16-10-3-4-15-17-10/h3-5,7H,2,6H2,1H3,(H2,15,16,17,19). The van der Waals surface area contributed by atoms with Gasteiger partial charge < -0.3 is 5.32 Å². The lowest BCUT2D eigenvalue weighted by atomic mass is 10.3. The van der Waals surface area contributed by atoms with Crippen molar-refractivity contribution in [1.82, 2.24) is 19.7 Å². The van der Waals surface area contributed by atoms with Crippen molar-refractivity contribution in [3.05, 3.63) is 39.9 Å². The molecule has 3 aromatic rings. The van der Waals surface area contributed by atoms with Gasteiger partial charge in [-0.1, -0.05) is 6.92 Å². The molecule has 0 saturated carbocycles.